The first kappa shape index (κ1) is 20.0. The Morgan fingerprint density at radius 3 is 2.60 bits per heavy atom. The molecule has 1 unspecified atom stereocenters. The van der Waals surface area contributed by atoms with Crippen LogP contribution in [0.4, 0.5) is 0 Å². The number of carbonyl (C=O) groups is 1. The molecule has 1 saturated heterocycles. The number of hydrogen-bond acceptors (Lipinski definition) is 5. The zero-order chi connectivity index (χ0) is 18.4. The molecule has 0 aromatic heterocycles. The lowest BCUT2D eigenvalue weighted by atomic mass is 9.99. The predicted octanol–water partition coefficient (Wildman–Crippen LogP) is 2.80. The first-order valence-electron chi connectivity index (χ1n) is 8.60. The molecule has 138 valence electrons. The summed E-state index contributed by atoms with van der Waals surface area (Å²) in [4.78, 5) is 13.0. The molecule has 25 heavy (non-hydrogen) atoms. The van der Waals surface area contributed by atoms with Crippen LogP contribution in [0.15, 0.2) is 24.3 Å². The molecule has 1 fully saturated rings. The van der Waals surface area contributed by atoms with E-state index < -0.39 is 17.4 Å². The van der Waals surface area contributed by atoms with Crippen LogP contribution in [-0.2, 0) is 15.7 Å². The minimum Gasteiger partial charge on any atom is -0.478 e. The van der Waals surface area contributed by atoms with Crippen LogP contribution in [0.1, 0.15) is 42.1 Å². The maximum atomic E-state index is 11.5. The molecule has 0 radical (unpaired) electrons. The Morgan fingerprint density at radius 1 is 1.40 bits per heavy atom. The lowest BCUT2D eigenvalue weighted by molar-refractivity contribution is -0.122. The molecule has 6 nitrogen and oxygen atoms in total. The minimum atomic E-state index is -1.33. The summed E-state index contributed by atoms with van der Waals surface area (Å²) in [6.45, 7) is 2.97. The summed E-state index contributed by atoms with van der Waals surface area (Å²) in [6, 6.07) is 6.97. The SMILES string of the molecule is CCCCC(O)(P=O)[C@H]1CN(C)[C@H](Cc2ccc(C(=O)O)cc2)CO1. The van der Waals surface area contributed by atoms with E-state index in [4.69, 9.17) is 9.84 Å². The van der Waals surface area contributed by atoms with Crippen LogP contribution >= 0.6 is 8.46 Å². The van der Waals surface area contributed by atoms with E-state index in [2.05, 4.69) is 4.90 Å². The number of rotatable bonds is 8. The number of likely N-dealkylation sites (N-methyl/N-ethyl adjacent to an activating group) is 1. The number of carboxylic acid groups (broad SMARTS) is 1. The summed E-state index contributed by atoms with van der Waals surface area (Å²) < 4.78 is 17.4. The van der Waals surface area contributed by atoms with Crippen molar-refractivity contribution in [3.8, 4) is 0 Å². The molecule has 3 atom stereocenters. The molecule has 0 aliphatic carbocycles. The summed E-state index contributed by atoms with van der Waals surface area (Å²) in [5.41, 5.74) is 1.31. The Labute approximate surface area is 150 Å². The van der Waals surface area contributed by atoms with Gasteiger partial charge in [-0.15, -0.1) is 0 Å². The van der Waals surface area contributed by atoms with Gasteiger partial charge in [-0.2, -0.15) is 0 Å². The highest BCUT2D eigenvalue weighted by Gasteiger charge is 2.42. The fourth-order valence-electron chi connectivity index (χ4n) is 3.07. The van der Waals surface area contributed by atoms with Gasteiger partial charge in [0.15, 0.2) is 13.8 Å². The Bertz CT molecular complexity index is 594. The number of nitrogens with zero attached hydrogens (tertiary/aromatic N) is 1. The number of aliphatic hydroxyl groups is 1. The number of ether oxygens (including phenoxy) is 1. The van der Waals surface area contributed by atoms with Crippen molar-refractivity contribution < 1.29 is 24.3 Å². The molecule has 1 aromatic carbocycles. The molecule has 7 heteroatoms. The van der Waals surface area contributed by atoms with Gasteiger partial charge in [0.05, 0.1) is 12.2 Å². The van der Waals surface area contributed by atoms with Gasteiger partial charge in [-0.05, 0) is 44.0 Å². The third-order valence-electron chi connectivity index (χ3n) is 4.81. The van der Waals surface area contributed by atoms with Gasteiger partial charge in [-0.1, -0.05) is 25.5 Å². The summed E-state index contributed by atoms with van der Waals surface area (Å²) in [5.74, 6) is -0.935. The lowest BCUT2D eigenvalue weighted by Gasteiger charge is -2.42. The second-order valence-corrected chi connectivity index (χ2v) is 7.65. The van der Waals surface area contributed by atoms with E-state index in [1.54, 1.807) is 12.1 Å². The third kappa shape index (κ3) is 5.08. The quantitative estimate of drug-likeness (QED) is 0.687. The second kappa shape index (κ2) is 8.86. The summed E-state index contributed by atoms with van der Waals surface area (Å²) in [7, 11) is 1.68. The van der Waals surface area contributed by atoms with Crippen molar-refractivity contribution in [2.24, 2.45) is 0 Å². The zero-order valence-corrected chi connectivity index (χ0v) is 15.6. The second-order valence-electron chi connectivity index (χ2n) is 6.69. The van der Waals surface area contributed by atoms with Crippen LogP contribution in [0.25, 0.3) is 0 Å². The van der Waals surface area contributed by atoms with E-state index in [9.17, 15) is 14.5 Å². The van der Waals surface area contributed by atoms with Crippen molar-refractivity contribution in [2.75, 3.05) is 20.2 Å². The van der Waals surface area contributed by atoms with E-state index >= 15 is 0 Å². The molecular formula is C18H26NO5P. The molecule has 2 rings (SSSR count). The van der Waals surface area contributed by atoms with Gasteiger partial charge in [0.1, 0.15) is 6.10 Å². The molecule has 0 bridgehead atoms. The van der Waals surface area contributed by atoms with Gasteiger partial charge in [-0.25, -0.2) is 4.79 Å². The van der Waals surface area contributed by atoms with Gasteiger partial charge in [-0.3, -0.25) is 9.46 Å². The third-order valence-corrected chi connectivity index (χ3v) is 5.64. The highest BCUT2D eigenvalue weighted by Crippen LogP contribution is 2.34. The van der Waals surface area contributed by atoms with E-state index in [1.807, 2.05) is 26.1 Å². The number of unbranched alkanes of at least 4 members (excludes halogenated alkanes) is 1. The van der Waals surface area contributed by atoms with Crippen LogP contribution in [0, 0.1) is 0 Å². The first-order valence-corrected chi connectivity index (χ1v) is 9.41. The molecule has 0 spiro atoms. The highest BCUT2D eigenvalue weighted by atomic mass is 31.1. The van der Waals surface area contributed by atoms with Crippen LogP contribution in [0.3, 0.4) is 0 Å². The molecule has 2 N–H and O–H groups in total. The fourth-order valence-corrected chi connectivity index (χ4v) is 3.59. The Balaban J connectivity index is 1.96. The molecule has 1 aromatic rings. The molecule has 0 amide bonds. The monoisotopic (exact) mass is 367 g/mol. The van der Waals surface area contributed by atoms with E-state index in [0.29, 0.717) is 19.6 Å². The maximum absolute atomic E-state index is 11.5. The smallest absolute Gasteiger partial charge is 0.335 e. The summed E-state index contributed by atoms with van der Waals surface area (Å²) >= 11 is 0. The fraction of sp³-hybridized carbons (Fsp3) is 0.611. The number of hydrogen-bond donors (Lipinski definition) is 2. The zero-order valence-electron chi connectivity index (χ0n) is 14.7. The Morgan fingerprint density at radius 2 is 2.08 bits per heavy atom. The standard InChI is InChI=1S/C18H26NO5P/c1-3-4-9-18(22,25-23)16-11-19(2)15(12-24-16)10-13-5-7-14(8-6-13)17(20)21/h5-8,15-16,22H,3-4,9-12H2,1-2H3,(H,20,21)/t15-,16-,18?/m1/s1. The van der Waals surface area contributed by atoms with Crippen LogP contribution in [0.5, 0.6) is 0 Å². The van der Waals surface area contributed by atoms with Gasteiger partial charge < -0.3 is 14.9 Å². The van der Waals surface area contributed by atoms with Gasteiger partial charge in [0.2, 0.25) is 0 Å². The highest BCUT2D eigenvalue weighted by molar-refractivity contribution is 7.25. The maximum Gasteiger partial charge on any atom is 0.335 e. The van der Waals surface area contributed by atoms with Crippen LogP contribution < -0.4 is 0 Å². The average molecular weight is 367 g/mol. The van der Waals surface area contributed by atoms with Gasteiger partial charge >= 0.3 is 5.97 Å². The van der Waals surface area contributed by atoms with Crippen LogP contribution in [-0.4, -0.2) is 58.8 Å². The Hall–Kier alpha value is -1.33. The lowest BCUT2D eigenvalue weighted by Crippen LogP contribution is -2.55. The van der Waals surface area contributed by atoms with Crippen molar-refractivity contribution in [1.82, 2.24) is 4.90 Å². The molecule has 0 saturated carbocycles. The number of morpholine rings is 1. The summed E-state index contributed by atoms with van der Waals surface area (Å²) in [5, 5.41) is 18.2. The first-order chi connectivity index (χ1) is 11.9. The minimum absolute atomic E-state index is 0.130. The van der Waals surface area contributed by atoms with E-state index in [-0.39, 0.29) is 20.1 Å². The summed E-state index contributed by atoms with van der Waals surface area (Å²) in [6.07, 6.45) is 2.43. The van der Waals surface area contributed by atoms with E-state index in [1.165, 1.54) is 0 Å². The molecular weight excluding hydrogens is 341 g/mol. The van der Waals surface area contributed by atoms with Gasteiger partial charge in [0, 0.05) is 12.6 Å². The van der Waals surface area contributed by atoms with Crippen molar-refractivity contribution in [1.29, 1.82) is 0 Å². The topological polar surface area (TPSA) is 87.1 Å². The van der Waals surface area contributed by atoms with Crippen molar-refractivity contribution in [3.63, 3.8) is 0 Å². The average Bonchev–Trinajstić information content (AvgIpc) is 2.61. The van der Waals surface area contributed by atoms with Crippen molar-refractivity contribution in [3.05, 3.63) is 35.4 Å². The normalized spacial score (nSPS) is 24.1. The number of benzene rings is 1. The van der Waals surface area contributed by atoms with Gasteiger partial charge in [0.25, 0.3) is 0 Å². The van der Waals surface area contributed by atoms with Crippen LogP contribution in [0.2, 0.25) is 0 Å². The Kier molecular flexibility index (Phi) is 7.08. The number of carboxylic acids is 1. The van der Waals surface area contributed by atoms with Crippen molar-refractivity contribution >= 4 is 14.4 Å². The van der Waals surface area contributed by atoms with E-state index in [0.717, 1.165) is 24.8 Å². The predicted molar refractivity (Wildman–Crippen MR) is 95.3 cm³/mol. The number of aromatic carboxylic acids is 1. The molecule has 1 aliphatic rings. The van der Waals surface area contributed by atoms with Crippen molar-refractivity contribution in [2.45, 2.75) is 50.1 Å². The molecule has 1 aliphatic heterocycles. The molecule has 1 heterocycles. The largest absolute Gasteiger partial charge is 0.478 e.